The van der Waals surface area contributed by atoms with Crippen molar-refractivity contribution in [2.75, 3.05) is 11.9 Å². The molecule has 0 bridgehead atoms. The average molecular weight is 241 g/mol. The quantitative estimate of drug-likeness (QED) is 0.859. The molecular formula is C16H19NO. The highest BCUT2D eigenvalue weighted by molar-refractivity contribution is 5.50. The Morgan fingerprint density at radius 2 is 1.83 bits per heavy atom. The van der Waals surface area contributed by atoms with Crippen molar-refractivity contribution >= 4 is 5.69 Å². The molecule has 0 aromatic heterocycles. The zero-order valence-corrected chi connectivity index (χ0v) is 10.9. The number of aliphatic hydroxyl groups excluding tert-OH is 1. The van der Waals surface area contributed by atoms with Crippen LogP contribution in [0.1, 0.15) is 22.8 Å². The van der Waals surface area contributed by atoms with Gasteiger partial charge in [-0.25, -0.2) is 0 Å². The van der Waals surface area contributed by atoms with Crippen molar-refractivity contribution in [3.05, 3.63) is 65.2 Å². The Kier molecular flexibility index (Phi) is 4.00. The zero-order valence-electron chi connectivity index (χ0n) is 10.9. The molecule has 2 nitrogen and oxygen atoms in total. The van der Waals surface area contributed by atoms with E-state index in [2.05, 4.69) is 18.3 Å². The van der Waals surface area contributed by atoms with E-state index in [1.165, 1.54) is 11.1 Å². The zero-order chi connectivity index (χ0) is 13.0. The lowest BCUT2D eigenvalue weighted by Gasteiger charge is -2.15. The van der Waals surface area contributed by atoms with E-state index in [1.54, 1.807) is 0 Å². The number of para-hydroxylation sites is 1. The highest BCUT2D eigenvalue weighted by atomic mass is 16.3. The van der Waals surface area contributed by atoms with Gasteiger partial charge in [0.1, 0.15) is 0 Å². The molecule has 0 amide bonds. The predicted octanol–water partition coefficient (Wildman–Crippen LogP) is 3.45. The molecule has 0 saturated carbocycles. The third-order valence-corrected chi connectivity index (χ3v) is 3.06. The molecule has 2 rings (SSSR count). The Labute approximate surface area is 108 Å². The summed E-state index contributed by atoms with van der Waals surface area (Å²) in [6, 6.07) is 16.1. The SMILES string of the molecule is Cc1cccc(C(O)CNc2ccccc2C)c1. The van der Waals surface area contributed by atoms with Gasteiger partial charge in [0.05, 0.1) is 6.10 Å². The fraction of sp³-hybridized carbons (Fsp3) is 0.250. The largest absolute Gasteiger partial charge is 0.387 e. The van der Waals surface area contributed by atoms with Crippen molar-refractivity contribution in [2.24, 2.45) is 0 Å². The van der Waals surface area contributed by atoms with Gasteiger partial charge in [-0.15, -0.1) is 0 Å². The van der Waals surface area contributed by atoms with Gasteiger partial charge in [0.25, 0.3) is 0 Å². The molecule has 1 unspecified atom stereocenters. The van der Waals surface area contributed by atoms with Gasteiger partial charge < -0.3 is 10.4 Å². The third kappa shape index (κ3) is 3.11. The van der Waals surface area contributed by atoms with Crippen LogP contribution in [0.3, 0.4) is 0 Å². The smallest absolute Gasteiger partial charge is 0.0962 e. The van der Waals surface area contributed by atoms with Crippen LogP contribution in [0.5, 0.6) is 0 Å². The van der Waals surface area contributed by atoms with Crippen LogP contribution in [0.4, 0.5) is 5.69 Å². The molecule has 0 spiro atoms. The van der Waals surface area contributed by atoms with E-state index in [0.29, 0.717) is 6.54 Å². The van der Waals surface area contributed by atoms with Gasteiger partial charge in [-0.1, -0.05) is 48.0 Å². The highest BCUT2D eigenvalue weighted by Gasteiger charge is 2.07. The molecule has 0 saturated heterocycles. The predicted molar refractivity (Wildman–Crippen MR) is 75.8 cm³/mol. The van der Waals surface area contributed by atoms with Crippen LogP contribution in [-0.4, -0.2) is 11.7 Å². The number of hydrogen-bond donors (Lipinski definition) is 2. The molecule has 2 heteroatoms. The summed E-state index contributed by atoms with van der Waals surface area (Å²) < 4.78 is 0. The first-order valence-electron chi connectivity index (χ1n) is 6.21. The van der Waals surface area contributed by atoms with Gasteiger partial charge >= 0.3 is 0 Å². The van der Waals surface area contributed by atoms with Crippen molar-refractivity contribution in [3.63, 3.8) is 0 Å². The Bertz CT molecular complexity index is 522. The molecule has 2 aromatic carbocycles. The molecular weight excluding hydrogens is 222 g/mol. The topological polar surface area (TPSA) is 32.3 Å². The number of benzene rings is 2. The lowest BCUT2D eigenvalue weighted by atomic mass is 10.1. The first kappa shape index (κ1) is 12.7. The summed E-state index contributed by atoms with van der Waals surface area (Å²) in [7, 11) is 0. The van der Waals surface area contributed by atoms with Crippen molar-refractivity contribution in [1.82, 2.24) is 0 Å². The van der Waals surface area contributed by atoms with E-state index in [0.717, 1.165) is 11.3 Å². The van der Waals surface area contributed by atoms with Gasteiger partial charge in [-0.3, -0.25) is 0 Å². The molecule has 0 fully saturated rings. The average Bonchev–Trinajstić information content (AvgIpc) is 2.37. The van der Waals surface area contributed by atoms with Gasteiger partial charge in [-0.2, -0.15) is 0 Å². The van der Waals surface area contributed by atoms with Gasteiger partial charge in [-0.05, 0) is 31.0 Å². The molecule has 94 valence electrons. The summed E-state index contributed by atoms with van der Waals surface area (Å²) in [6.07, 6.45) is -0.482. The Morgan fingerprint density at radius 3 is 2.56 bits per heavy atom. The van der Waals surface area contributed by atoms with E-state index < -0.39 is 6.10 Å². The second-order valence-electron chi connectivity index (χ2n) is 4.63. The molecule has 0 aliphatic carbocycles. The normalized spacial score (nSPS) is 12.2. The van der Waals surface area contributed by atoms with Gasteiger partial charge in [0, 0.05) is 12.2 Å². The Hall–Kier alpha value is -1.80. The maximum absolute atomic E-state index is 10.1. The number of nitrogens with one attached hydrogen (secondary N) is 1. The number of aliphatic hydroxyl groups is 1. The summed E-state index contributed by atoms with van der Waals surface area (Å²) in [5.41, 5.74) is 4.39. The summed E-state index contributed by atoms with van der Waals surface area (Å²) >= 11 is 0. The standard InChI is InChI=1S/C16H19NO/c1-12-6-5-8-14(10-12)16(18)11-17-15-9-4-3-7-13(15)2/h3-10,16-18H,11H2,1-2H3. The van der Waals surface area contributed by atoms with Crippen LogP contribution in [0.15, 0.2) is 48.5 Å². The molecule has 1 atom stereocenters. The number of aryl methyl sites for hydroxylation is 2. The number of hydrogen-bond acceptors (Lipinski definition) is 2. The van der Waals surface area contributed by atoms with Crippen molar-refractivity contribution < 1.29 is 5.11 Å². The maximum Gasteiger partial charge on any atom is 0.0962 e. The summed E-state index contributed by atoms with van der Waals surface area (Å²) in [6.45, 7) is 4.61. The Morgan fingerprint density at radius 1 is 1.06 bits per heavy atom. The van der Waals surface area contributed by atoms with Crippen LogP contribution in [0.2, 0.25) is 0 Å². The van der Waals surface area contributed by atoms with E-state index in [-0.39, 0.29) is 0 Å². The van der Waals surface area contributed by atoms with Crippen LogP contribution in [-0.2, 0) is 0 Å². The van der Waals surface area contributed by atoms with E-state index in [9.17, 15) is 5.11 Å². The summed E-state index contributed by atoms with van der Waals surface area (Å²) in [4.78, 5) is 0. The van der Waals surface area contributed by atoms with E-state index in [1.807, 2.05) is 49.4 Å². The number of anilines is 1. The Balaban J connectivity index is 2.00. The minimum Gasteiger partial charge on any atom is -0.387 e. The lowest BCUT2D eigenvalue weighted by molar-refractivity contribution is 0.191. The molecule has 0 aliphatic heterocycles. The van der Waals surface area contributed by atoms with Crippen molar-refractivity contribution in [1.29, 1.82) is 0 Å². The monoisotopic (exact) mass is 241 g/mol. The van der Waals surface area contributed by atoms with Crippen molar-refractivity contribution in [3.8, 4) is 0 Å². The van der Waals surface area contributed by atoms with Gasteiger partial charge in [0.15, 0.2) is 0 Å². The molecule has 2 N–H and O–H groups in total. The molecule has 0 aliphatic rings. The fourth-order valence-electron chi connectivity index (χ4n) is 1.97. The highest BCUT2D eigenvalue weighted by Crippen LogP contribution is 2.17. The van der Waals surface area contributed by atoms with E-state index in [4.69, 9.17) is 0 Å². The molecule has 2 aromatic rings. The maximum atomic E-state index is 10.1. The van der Waals surface area contributed by atoms with Crippen LogP contribution in [0, 0.1) is 13.8 Å². The molecule has 0 heterocycles. The third-order valence-electron chi connectivity index (χ3n) is 3.06. The minimum atomic E-state index is -0.482. The molecule has 18 heavy (non-hydrogen) atoms. The lowest BCUT2D eigenvalue weighted by Crippen LogP contribution is -2.12. The summed E-state index contributed by atoms with van der Waals surface area (Å²) in [5.74, 6) is 0. The number of rotatable bonds is 4. The second kappa shape index (κ2) is 5.69. The van der Waals surface area contributed by atoms with Gasteiger partial charge in [0.2, 0.25) is 0 Å². The second-order valence-corrected chi connectivity index (χ2v) is 4.63. The van der Waals surface area contributed by atoms with E-state index >= 15 is 0 Å². The first-order chi connectivity index (χ1) is 8.66. The summed E-state index contributed by atoms with van der Waals surface area (Å²) in [5, 5.41) is 13.4. The van der Waals surface area contributed by atoms with Crippen LogP contribution >= 0.6 is 0 Å². The minimum absolute atomic E-state index is 0.482. The van der Waals surface area contributed by atoms with Crippen LogP contribution in [0.25, 0.3) is 0 Å². The fourth-order valence-corrected chi connectivity index (χ4v) is 1.97. The van der Waals surface area contributed by atoms with Crippen molar-refractivity contribution in [2.45, 2.75) is 20.0 Å². The molecule has 0 radical (unpaired) electrons. The van der Waals surface area contributed by atoms with Crippen LogP contribution < -0.4 is 5.32 Å². The first-order valence-corrected chi connectivity index (χ1v) is 6.21.